The lowest BCUT2D eigenvalue weighted by molar-refractivity contribution is -0.274. The van der Waals surface area contributed by atoms with Crippen LogP contribution in [0.25, 0.3) is 11.1 Å². The quantitative estimate of drug-likeness (QED) is 0.771. The normalized spacial score (nSPS) is 15.7. The predicted molar refractivity (Wildman–Crippen MR) is 95.5 cm³/mol. The molecule has 0 spiro atoms. The lowest BCUT2D eigenvalue weighted by Crippen LogP contribution is -2.18. The SMILES string of the molecule is NCCn1cc(-c2ccc(OC(F)(F)F)cc2OCC2CCCCC2)cn1. The van der Waals surface area contributed by atoms with Crippen molar-refractivity contribution >= 4 is 0 Å². The third kappa shape index (κ3) is 5.63. The molecule has 8 heteroatoms. The van der Waals surface area contributed by atoms with E-state index in [-0.39, 0.29) is 5.75 Å². The smallest absolute Gasteiger partial charge is 0.493 e. The first-order chi connectivity index (χ1) is 12.9. The highest BCUT2D eigenvalue weighted by atomic mass is 19.4. The van der Waals surface area contributed by atoms with Crippen molar-refractivity contribution in [3.8, 4) is 22.6 Å². The van der Waals surface area contributed by atoms with Crippen LogP contribution in [0.5, 0.6) is 11.5 Å². The van der Waals surface area contributed by atoms with Gasteiger partial charge >= 0.3 is 6.36 Å². The highest BCUT2D eigenvalue weighted by molar-refractivity contribution is 5.70. The van der Waals surface area contributed by atoms with Crippen molar-refractivity contribution in [1.82, 2.24) is 9.78 Å². The van der Waals surface area contributed by atoms with E-state index in [1.165, 1.54) is 31.4 Å². The van der Waals surface area contributed by atoms with E-state index in [0.717, 1.165) is 18.4 Å². The van der Waals surface area contributed by atoms with E-state index in [4.69, 9.17) is 10.5 Å². The van der Waals surface area contributed by atoms with Crippen LogP contribution < -0.4 is 15.2 Å². The number of alkyl halides is 3. The molecule has 27 heavy (non-hydrogen) atoms. The maximum atomic E-state index is 12.6. The molecule has 5 nitrogen and oxygen atoms in total. The second-order valence-corrected chi connectivity index (χ2v) is 6.80. The third-order valence-corrected chi connectivity index (χ3v) is 4.69. The summed E-state index contributed by atoms with van der Waals surface area (Å²) in [5.74, 6) is 0.507. The van der Waals surface area contributed by atoms with Crippen molar-refractivity contribution in [3.63, 3.8) is 0 Å². The van der Waals surface area contributed by atoms with Crippen LogP contribution in [0, 0.1) is 5.92 Å². The average Bonchev–Trinajstić information content (AvgIpc) is 3.08. The van der Waals surface area contributed by atoms with Crippen LogP contribution in [0.1, 0.15) is 32.1 Å². The van der Waals surface area contributed by atoms with E-state index >= 15 is 0 Å². The number of aromatic nitrogens is 2. The Balaban J connectivity index is 1.83. The number of rotatable bonds is 7. The highest BCUT2D eigenvalue weighted by Crippen LogP contribution is 2.36. The van der Waals surface area contributed by atoms with E-state index in [1.54, 1.807) is 23.1 Å². The van der Waals surface area contributed by atoms with Crippen LogP contribution in [0.4, 0.5) is 13.2 Å². The van der Waals surface area contributed by atoms with Crippen LogP contribution in [0.3, 0.4) is 0 Å². The van der Waals surface area contributed by atoms with Gasteiger partial charge in [-0.05, 0) is 30.9 Å². The molecular formula is C19H24F3N3O2. The van der Waals surface area contributed by atoms with Crippen molar-refractivity contribution in [3.05, 3.63) is 30.6 Å². The summed E-state index contributed by atoms with van der Waals surface area (Å²) in [7, 11) is 0. The number of nitrogens with two attached hydrogens (primary N) is 1. The van der Waals surface area contributed by atoms with Crippen molar-refractivity contribution in [2.24, 2.45) is 11.7 Å². The number of nitrogens with zero attached hydrogens (tertiary/aromatic N) is 2. The second kappa shape index (κ2) is 8.65. The molecule has 2 N–H and O–H groups in total. The third-order valence-electron chi connectivity index (χ3n) is 4.69. The number of hydrogen-bond donors (Lipinski definition) is 1. The van der Waals surface area contributed by atoms with Gasteiger partial charge in [0.05, 0.1) is 19.3 Å². The zero-order valence-corrected chi connectivity index (χ0v) is 15.0. The Morgan fingerprint density at radius 2 is 1.96 bits per heavy atom. The van der Waals surface area contributed by atoms with Crippen LogP contribution in [-0.2, 0) is 6.54 Å². The van der Waals surface area contributed by atoms with Gasteiger partial charge in [0, 0.05) is 29.9 Å². The van der Waals surface area contributed by atoms with Gasteiger partial charge in [0.25, 0.3) is 0 Å². The predicted octanol–water partition coefficient (Wildman–Crippen LogP) is 4.37. The summed E-state index contributed by atoms with van der Waals surface area (Å²) in [6.45, 7) is 1.50. The largest absolute Gasteiger partial charge is 0.573 e. The first kappa shape index (κ1) is 19.5. The Bertz CT molecular complexity index is 740. The fourth-order valence-electron chi connectivity index (χ4n) is 3.38. The average molecular weight is 383 g/mol. The van der Waals surface area contributed by atoms with Gasteiger partial charge in [-0.25, -0.2) is 0 Å². The van der Waals surface area contributed by atoms with Gasteiger partial charge in [-0.1, -0.05) is 19.3 Å². The Hall–Kier alpha value is -2.22. The minimum Gasteiger partial charge on any atom is -0.493 e. The van der Waals surface area contributed by atoms with Crippen molar-refractivity contribution in [2.75, 3.05) is 13.2 Å². The fraction of sp³-hybridized carbons (Fsp3) is 0.526. The summed E-state index contributed by atoms with van der Waals surface area (Å²) < 4.78 is 49.4. The number of hydrogen-bond acceptors (Lipinski definition) is 4. The molecule has 3 rings (SSSR count). The molecule has 1 aromatic heterocycles. The molecule has 0 atom stereocenters. The Labute approximate surface area is 156 Å². The Kier molecular flexibility index (Phi) is 6.26. The number of benzene rings is 1. The molecule has 0 bridgehead atoms. The van der Waals surface area contributed by atoms with Crippen LogP contribution in [0.15, 0.2) is 30.6 Å². The molecular weight excluding hydrogens is 359 g/mol. The molecule has 0 amide bonds. The second-order valence-electron chi connectivity index (χ2n) is 6.80. The van der Waals surface area contributed by atoms with Gasteiger partial charge in [0.2, 0.25) is 0 Å². The molecule has 0 aliphatic heterocycles. The maximum absolute atomic E-state index is 12.6. The minimum atomic E-state index is -4.74. The van der Waals surface area contributed by atoms with Gasteiger partial charge < -0.3 is 15.2 Å². The highest BCUT2D eigenvalue weighted by Gasteiger charge is 2.31. The molecule has 1 heterocycles. The molecule has 1 aromatic carbocycles. The molecule has 2 aromatic rings. The van der Waals surface area contributed by atoms with Crippen molar-refractivity contribution < 1.29 is 22.6 Å². The maximum Gasteiger partial charge on any atom is 0.573 e. The first-order valence-electron chi connectivity index (χ1n) is 9.20. The van der Waals surface area contributed by atoms with Gasteiger partial charge in [-0.3, -0.25) is 4.68 Å². The summed E-state index contributed by atoms with van der Waals surface area (Å²) in [6.07, 6.45) is 4.47. The topological polar surface area (TPSA) is 62.3 Å². The van der Waals surface area contributed by atoms with E-state index in [0.29, 0.717) is 36.9 Å². The van der Waals surface area contributed by atoms with Crippen LogP contribution in [-0.4, -0.2) is 29.3 Å². The van der Waals surface area contributed by atoms with E-state index in [2.05, 4.69) is 9.84 Å². The summed E-state index contributed by atoms with van der Waals surface area (Å²) in [5.41, 5.74) is 6.99. The molecule has 0 radical (unpaired) electrons. The molecule has 1 saturated carbocycles. The fourth-order valence-corrected chi connectivity index (χ4v) is 3.38. The summed E-state index contributed by atoms with van der Waals surface area (Å²) in [6, 6.07) is 4.16. The lowest BCUT2D eigenvalue weighted by atomic mass is 9.90. The lowest BCUT2D eigenvalue weighted by Gasteiger charge is -2.22. The molecule has 1 fully saturated rings. The Morgan fingerprint density at radius 3 is 2.67 bits per heavy atom. The molecule has 148 valence electrons. The van der Waals surface area contributed by atoms with Crippen LogP contribution >= 0.6 is 0 Å². The minimum absolute atomic E-state index is 0.292. The van der Waals surface area contributed by atoms with Gasteiger partial charge in [-0.2, -0.15) is 5.10 Å². The molecule has 1 aliphatic rings. The molecule has 1 aliphatic carbocycles. The number of ether oxygens (including phenoxy) is 2. The van der Waals surface area contributed by atoms with E-state index in [1.807, 2.05) is 0 Å². The van der Waals surface area contributed by atoms with E-state index in [9.17, 15) is 13.2 Å². The first-order valence-corrected chi connectivity index (χ1v) is 9.20. The van der Waals surface area contributed by atoms with Crippen LogP contribution in [0.2, 0.25) is 0 Å². The summed E-state index contributed by atoms with van der Waals surface area (Å²) in [4.78, 5) is 0. The molecule has 0 saturated heterocycles. The standard InChI is InChI=1S/C19H24F3N3O2/c20-19(21,22)27-16-6-7-17(15-11-24-25(12-15)9-8-23)18(10-16)26-13-14-4-2-1-3-5-14/h6-7,10-12,14H,1-5,8-9,13,23H2. The van der Waals surface area contributed by atoms with Crippen molar-refractivity contribution in [2.45, 2.75) is 45.0 Å². The van der Waals surface area contributed by atoms with Gasteiger partial charge in [0.1, 0.15) is 11.5 Å². The zero-order valence-electron chi connectivity index (χ0n) is 15.0. The summed E-state index contributed by atoms with van der Waals surface area (Å²) in [5, 5.41) is 4.23. The number of halogens is 3. The van der Waals surface area contributed by atoms with Gasteiger partial charge in [-0.15, -0.1) is 13.2 Å². The monoisotopic (exact) mass is 383 g/mol. The van der Waals surface area contributed by atoms with Gasteiger partial charge in [0.15, 0.2) is 0 Å². The molecule has 0 unspecified atom stereocenters. The zero-order chi connectivity index (χ0) is 19.3. The summed E-state index contributed by atoms with van der Waals surface area (Å²) >= 11 is 0. The van der Waals surface area contributed by atoms with Crippen molar-refractivity contribution in [1.29, 1.82) is 0 Å². The Morgan fingerprint density at radius 1 is 1.19 bits per heavy atom. The van der Waals surface area contributed by atoms with E-state index < -0.39 is 6.36 Å².